The Hall–Kier alpha value is -3.23. The predicted molar refractivity (Wildman–Crippen MR) is 105 cm³/mol. The zero-order valence-corrected chi connectivity index (χ0v) is 16.1. The summed E-state index contributed by atoms with van der Waals surface area (Å²) < 4.78 is 42.8. The third-order valence-corrected chi connectivity index (χ3v) is 4.00. The van der Waals surface area contributed by atoms with Gasteiger partial charge in [-0.25, -0.2) is 0 Å². The fourth-order valence-electron chi connectivity index (χ4n) is 2.46. The molecule has 0 unspecified atom stereocenters. The van der Waals surface area contributed by atoms with Crippen LogP contribution < -0.4 is 20.7 Å². The number of hydrogen-bond donors (Lipinski definition) is 3. The summed E-state index contributed by atoms with van der Waals surface area (Å²) in [6, 6.07) is 11.7. The van der Waals surface area contributed by atoms with Crippen molar-refractivity contribution in [1.29, 1.82) is 0 Å². The predicted octanol–water partition coefficient (Wildman–Crippen LogP) is 2.81. The van der Waals surface area contributed by atoms with E-state index in [1.807, 2.05) is 24.3 Å². The maximum atomic E-state index is 12.6. The molecule has 0 saturated heterocycles. The molecule has 0 fully saturated rings. The van der Waals surface area contributed by atoms with E-state index in [9.17, 15) is 18.0 Å². The van der Waals surface area contributed by atoms with Crippen molar-refractivity contribution in [1.82, 2.24) is 16.0 Å². The number of rotatable bonds is 7. The highest BCUT2D eigenvalue weighted by Crippen LogP contribution is 2.29. The molecule has 0 aliphatic carbocycles. The van der Waals surface area contributed by atoms with Gasteiger partial charge in [-0.2, -0.15) is 13.2 Å². The Kier molecular flexibility index (Phi) is 7.88. The van der Waals surface area contributed by atoms with Crippen molar-refractivity contribution >= 4 is 11.9 Å². The number of carbonyl (C=O) groups is 1. The third-order valence-electron chi connectivity index (χ3n) is 4.00. The number of amides is 1. The quantitative estimate of drug-likeness (QED) is 0.374. The van der Waals surface area contributed by atoms with Crippen LogP contribution in [0.3, 0.4) is 0 Å². The molecule has 0 aromatic heterocycles. The van der Waals surface area contributed by atoms with Crippen LogP contribution in [-0.2, 0) is 12.7 Å². The zero-order valence-electron chi connectivity index (χ0n) is 16.1. The van der Waals surface area contributed by atoms with Gasteiger partial charge in [-0.05, 0) is 42.0 Å². The van der Waals surface area contributed by atoms with Gasteiger partial charge < -0.3 is 20.7 Å². The van der Waals surface area contributed by atoms with Gasteiger partial charge in [-0.3, -0.25) is 9.79 Å². The lowest BCUT2D eigenvalue weighted by Crippen LogP contribution is -2.41. The minimum Gasteiger partial charge on any atom is -0.497 e. The molecule has 0 radical (unpaired) electrons. The second-order valence-electron chi connectivity index (χ2n) is 6.04. The SMILES string of the molecule is CN=C(NCCNC(=O)c1ccc(C(F)(F)F)cc1)NCc1cccc(OC)c1. The van der Waals surface area contributed by atoms with E-state index in [2.05, 4.69) is 20.9 Å². The highest BCUT2D eigenvalue weighted by molar-refractivity contribution is 5.94. The highest BCUT2D eigenvalue weighted by Gasteiger charge is 2.30. The van der Waals surface area contributed by atoms with Crippen LogP contribution in [-0.4, -0.2) is 39.1 Å². The van der Waals surface area contributed by atoms with Gasteiger partial charge in [0, 0.05) is 32.2 Å². The molecule has 156 valence electrons. The standard InChI is InChI=1S/C20H23F3N4O2/c1-24-19(27-13-14-4-3-5-17(12-14)29-2)26-11-10-25-18(28)15-6-8-16(9-7-15)20(21,22)23/h3-9,12H,10-11,13H2,1-2H3,(H,25,28)(H2,24,26,27). The van der Waals surface area contributed by atoms with Crippen LogP contribution in [0, 0.1) is 0 Å². The Morgan fingerprint density at radius 3 is 2.34 bits per heavy atom. The van der Waals surface area contributed by atoms with Gasteiger partial charge in [-0.15, -0.1) is 0 Å². The molecule has 0 atom stereocenters. The van der Waals surface area contributed by atoms with Crippen LogP contribution in [0.25, 0.3) is 0 Å². The average Bonchev–Trinajstić information content (AvgIpc) is 2.72. The molecule has 2 aromatic rings. The van der Waals surface area contributed by atoms with E-state index in [0.717, 1.165) is 35.6 Å². The number of nitrogens with one attached hydrogen (secondary N) is 3. The first kappa shape index (κ1) is 22.1. The fraction of sp³-hybridized carbons (Fsp3) is 0.300. The second kappa shape index (κ2) is 10.4. The molecule has 0 bridgehead atoms. The largest absolute Gasteiger partial charge is 0.497 e. The molecule has 29 heavy (non-hydrogen) atoms. The van der Waals surface area contributed by atoms with Gasteiger partial charge in [0.2, 0.25) is 0 Å². The van der Waals surface area contributed by atoms with E-state index in [1.54, 1.807) is 14.2 Å². The van der Waals surface area contributed by atoms with Crippen LogP contribution in [0.2, 0.25) is 0 Å². The summed E-state index contributed by atoms with van der Waals surface area (Å²) >= 11 is 0. The highest BCUT2D eigenvalue weighted by atomic mass is 19.4. The molecule has 0 heterocycles. The third kappa shape index (κ3) is 7.02. The lowest BCUT2D eigenvalue weighted by molar-refractivity contribution is -0.137. The Morgan fingerprint density at radius 1 is 1.03 bits per heavy atom. The van der Waals surface area contributed by atoms with Crippen molar-refractivity contribution in [3.63, 3.8) is 0 Å². The van der Waals surface area contributed by atoms with Crippen molar-refractivity contribution in [2.45, 2.75) is 12.7 Å². The lowest BCUT2D eigenvalue weighted by atomic mass is 10.1. The maximum absolute atomic E-state index is 12.6. The second-order valence-corrected chi connectivity index (χ2v) is 6.04. The normalized spacial score (nSPS) is 11.7. The Labute approximate surface area is 167 Å². The first-order valence-corrected chi connectivity index (χ1v) is 8.86. The summed E-state index contributed by atoms with van der Waals surface area (Å²) in [5, 5.41) is 8.83. The van der Waals surface area contributed by atoms with Gasteiger partial charge in [0.1, 0.15) is 5.75 Å². The molecule has 3 N–H and O–H groups in total. The number of aliphatic imine (C=N–C) groups is 1. The number of benzene rings is 2. The molecule has 2 aromatic carbocycles. The van der Waals surface area contributed by atoms with Gasteiger partial charge in [0.25, 0.3) is 5.91 Å². The zero-order chi connectivity index (χ0) is 21.3. The number of methoxy groups -OCH3 is 1. The molecule has 0 aliphatic rings. The Balaban J connectivity index is 1.74. The van der Waals surface area contributed by atoms with Crippen LogP contribution in [0.1, 0.15) is 21.5 Å². The molecule has 0 aliphatic heterocycles. The van der Waals surface area contributed by atoms with E-state index in [4.69, 9.17) is 4.74 Å². The summed E-state index contributed by atoms with van der Waals surface area (Å²) in [4.78, 5) is 16.1. The Bertz CT molecular complexity index is 836. The first-order chi connectivity index (χ1) is 13.8. The monoisotopic (exact) mass is 408 g/mol. The molecule has 0 spiro atoms. The first-order valence-electron chi connectivity index (χ1n) is 8.86. The molecule has 6 nitrogen and oxygen atoms in total. The number of carbonyl (C=O) groups excluding carboxylic acids is 1. The van der Waals surface area contributed by atoms with Crippen LogP contribution >= 0.6 is 0 Å². The number of nitrogens with zero attached hydrogens (tertiary/aromatic N) is 1. The molecule has 1 amide bonds. The summed E-state index contributed by atoms with van der Waals surface area (Å²) in [5.41, 5.74) is 0.392. The molecule has 2 rings (SSSR count). The molecule has 9 heteroatoms. The van der Waals surface area contributed by atoms with Crippen LogP contribution in [0.15, 0.2) is 53.5 Å². The fourth-order valence-corrected chi connectivity index (χ4v) is 2.46. The van der Waals surface area contributed by atoms with Crippen molar-refractivity contribution < 1.29 is 22.7 Å². The van der Waals surface area contributed by atoms with E-state index in [1.165, 1.54) is 0 Å². The summed E-state index contributed by atoms with van der Waals surface area (Å²) in [6.07, 6.45) is -4.42. The van der Waals surface area contributed by atoms with Crippen molar-refractivity contribution in [3.05, 3.63) is 65.2 Å². The number of hydrogen-bond acceptors (Lipinski definition) is 3. The average molecular weight is 408 g/mol. The van der Waals surface area contributed by atoms with Crippen molar-refractivity contribution in [3.8, 4) is 5.75 Å². The maximum Gasteiger partial charge on any atom is 0.416 e. The molecular weight excluding hydrogens is 385 g/mol. The lowest BCUT2D eigenvalue weighted by Gasteiger charge is -2.13. The van der Waals surface area contributed by atoms with Crippen LogP contribution in [0.5, 0.6) is 5.75 Å². The van der Waals surface area contributed by atoms with Crippen molar-refractivity contribution in [2.75, 3.05) is 27.2 Å². The van der Waals surface area contributed by atoms with E-state index < -0.39 is 17.6 Å². The number of ether oxygens (including phenoxy) is 1. The Morgan fingerprint density at radius 2 is 1.72 bits per heavy atom. The number of halogens is 3. The summed E-state index contributed by atoms with van der Waals surface area (Å²) in [7, 11) is 3.23. The summed E-state index contributed by atoms with van der Waals surface area (Å²) in [5.74, 6) is 0.870. The minimum atomic E-state index is -4.42. The smallest absolute Gasteiger partial charge is 0.416 e. The summed E-state index contributed by atoms with van der Waals surface area (Å²) in [6.45, 7) is 1.21. The molecule has 0 saturated carbocycles. The van der Waals surface area contributed by atoms with Crippen molar-refractivity contribution in [2.24, 2.45) is 4.99 Å². The topological polar surface area (TPSA) is 74.8 Å². The van der Waals surface area contributed by atoms with Gasteiger partial charge in [0.15, 0.2) is 5.96 Å². The van der Waals surface area contributed by atoms with Crippen LogP contribution in [0.4, 0.5) is 13.2 Å². The number of alkyl halides is 3. The van der Waals surface area contributed by atoms with E-state index in [0.29, 0.717) is 19.0 Å². The van der Waals surface area contributed by atoms with E-state index >= 15 is 0 Å². The minimum absolute atomic E-state index is 0.165. The number of guanidine groups is 1. The molecular formula is C20H23F3N4O2. The van der Waals surface area contributed by atoms with Gasteiger partial charge >= 0.3 is 6.18 Å². The van der Waals surface area contributed by atoms with Gasteiger partial charge in [0.05, 0.1) is 12.7 Å². The van der Waals surface area contributed by atoms with Gasteiger partial charge in [-0.1, -0.05) is 12.1 Å². The van der Waals surface area contributed by atoms with E-state index in [-0.39, 0.29) is 12.1 Å².